The maximum Gasteiger partial charge on any atom is 0.272 e. The standard InChI is InChI=1S/C21H24N4O3S/c1-29-17-7-3-2-5-15(17)19(27)24-9-14-10-25(12-21(14,11-24)13-26)20(28)16-6-4-8-18(22)23-16/h2-8,14,26H,9-13H2,1H3,(H2,22,23). The second-order valence-corrected chi connectivity index (χ2v) is 8.58. The molecule has 1 aromatic carbocycles. The minimum Gasteiger partial charge on any atom is -0.396 e. The lowest BCUT2D eigenvalue weighted by Crippen LogP contribution is -2.40. The molecule has 3 N–H and O–H groups in total. The Kier molecular flexibility index (Phi) is 5.23. The second kappa shape index (κ2) is 7.68. The highest BCUT2D eigenvalue weighted by Crippen LogP contribution is 2.43. The SMILES string of the molecule is CSc1ccccc1C(=O)N1CC2CN(C(=O)c3cccc(N)n3)CC2(CO)C1. The molecule has 3 heterocycles. The quantitative estimate of drug-likeness (QED) is 0.740. The Balaban J connectivity index is 1.51. The fraction of sp³-hybridized carbons (Fsp3) is 0.381. The molecule has 2 aliphatic rings. The van der Waals surface area contributed by atoms with Gasteiger partial charge in [0.15, 0.2) is 0 Å². The maximum absolute atomic E-state index is 13.1. The Morgan fingerprint density at radius 2 is 1.83 bits per heavy atom. The summed E-state index contributed by atoms with van der Waals surface area (Å²) in [6.45, 7) is 1.78. The van der Waals surface area contributed by atoms with Crippen LogP contribution < -0.4 is 5.73 Å². The van der Waals surface area contributed by atoms with Crippen molar-refractivity contribution in [1.82, 2.24) is 14.8 Å². The van der Waals surface area contributed by atoms with E-state index in [0.717, 1.165) is 4.90 Å². The number of benzene rings is 1. The predicted molar refractivity (Wildman–Crippen MR) is 112 cm³/mol. The number of hydrogen-bond donors (Lipinski definition) is 2. The number of fused-ring (bicyclic) bond motifs is 1. The van der Waals surface area contributed by atoms with Gasteiger partial charge in [0.25, 0.3) is 11.8 Å². The number of nitrogens with zero attached hydrogens (tertiary/aromatic N) is 3. The zero-order chi connectivity index (χ0) is 20.6. The first-order chi connectivity index (χ1) is 14.0. The number of aliphatic hydroxyl groups excluding tert-OH is 1. The zero-order valence-electron chi connectivity index (χ0n) is 16.2. The van der Waals surface area contributed by atoms with Gasteiger partial charge in [-0.25, -0.2) is 4.98 Å². The first-order valence-electron chi connectivity index (χ1n) is 9.52. The van der Waals surface area contributed by atoms with Crippen LogP contribution in [0.1, 0.15) is 20.8 Å². The number of aromatic nitrogens is 1. The van der Waals surface area contributed by atoms with Gasteiger partial charge in [-0.15, -0.1) is 11.8 Å². The molecule has 29 heavy (non-hydrogen) atoms. The Morgan fingerprint density at radius 3 is 2.45 bits per heavy atom. The average Bonchev–Trinajstić information content (AvgIpc) is 3.27. The van der Waals surface area contributed by atoms with E-state index < -0.39 is 5.41 Å². The summed E-state index contributed by atoms with van der Waals surface area (Å²) in [7, 11) is 0. The summed E-state index contributed by atoms with van der Waals surface area (Å²) in [5, 5.41) is 10.2. The van der Waals surface area contributed by atoms with Crippen LogP contribution in [0.5, 0.6) is 0 Å². The number of nitrogens with two attached hydrogens (primary N) is 1. The molecule has 0 saturated carbocycles. The van der Waals surface area contributed by atoms with Crippen molar-refractivity contribution in [3.05, 3.63) is 53.7 Å². The van der Waals surface area contributed by atoms with Gasteiger partial charge in [0.2, 0.25) is 0 Å². The fourth-order valence-corrected chi connectivity index (χ4v) is 5.03. The molecule has 2 unspecified atom stereocenters. The first-order valence-corrected chi connectivity index (χ1v) is 10.7. The molecular formula is C21H24N4O3S. The van der Waals surface area contributed by atoms with Crippen LogP contribution in [0, 0.1) is 11.3 Å². The molecule has 0 spiro atoms. The van der Waals surface area contributed by atoms with E-state index >= 15 is 0 Å². The number of rotatable bonds is 4. The molecule has 2 atom stereocenters. The number of amides is 2. The summed E-state index contributed by atoms with van der Waals surface area (Å²) in [5.41, 5.74) is 6.19. The monoisotopic (exact) mass is 412 g/mol. The van der Waals surface area contributed by atoms with Gasteiger partial charge in [0.05, 0.1) is 12.2 Å². The van der Waals surface area contributed by atoms with Gasteiger partial charge in [0, 0.05) is 42.4 Å². The Hall–Kier alpha value is -2.58. The van der Waals surface area contributed by atoms with Crippen LogP contribution >= 0.6 is 11.8 Å². The number of aliphatic hydroxyl groups is 1. The molecule has 2 saturated heterocycles. The third kappa shape index (κ3) is 3.47. The molecule has 8 heteroatoms. The lowest BCUT2D eigenvalue weighted by atomic mass is 9.82. The number of thioether (sulfide) groups is 1. The lowest BCUT2D eigenvalue weighted by molar-refractivity contribution is 0.0662. The third-order valence-electron chi connectivity index (χ3n) is 5.98. The summed E-state index contributed by atoms with van der Waals surface area (Å²) >= 11 is 1.54. The van der Waals surface area contributed by atoms with Crippen LogP contribution in [0.15, 0.2) is 47.4 Å². The van der Waals surface area contributed by atoms with Gasteiger partial charge in [-0.05, 0) is 30.5 Å². The highest BCUT2D eigenvalue weighted by atomic mass is 32.2. The molecule has 2 fully saturated rings. The van der Waals surface area contributed by atoms with Crippen molar-refractivity contribution in [1.29, 1.82) is 0 Å². The minimum atomic E-state index is -0.500. The normalized spacial score (nSPS) is 23.3. The Morgan fingerprint density at radius 1 is 1.14 bits per heavy atom. The van der Waals surface area contributed by atoms with Gasteiger partial charge >= 0.3 is 0 Å². The summed E-state index contributed by atoms with van der Waals surface area (Å²) < 4.78 is 0. The summed E-state index contributed by atoms with van der Waals surface area (Å²) in [5.74, 6) is 0.122. The van der Waals surface area contributed by atoms with Crippen LogP contribution in [0.25, 0.3) is 0 Å². The number of carbonyl (C=O) groups is 2. The topological polar surface area (TPSA) is 99.8 Å². The molecular weight excluding hydrogens is 388 g/mol. The highest BCUT2D eigenvalue weighted by Gasteiger charge is 2.54. The number of pyridine rings is 1. The fourth-order valence-electron chi connectivity index (χ4n) is 4.44. The molecule has 4 rings (SSSR count). The van der Waals surface area contributed by atoms with Gasteiger partial charge in [0.1, 0.15) is 11.5 Å². The first kappa shape index (κ1) is 19.7. The lowest BCUT2D eigenvalue weighted by Gasteiger charge is -2.27. The highest BCUT2D eigenvalue weighted by molar-refractivity contribution is 7.98. The number of anilines is 1. The van der Waals surface area contributed by atoms with Gasteiger partial charge < -0.3 is 20.6 Å². The second-order valence-electron chi connectivity index (χ2n) is 7.74. The number of nitrogen functional groups attached to an aromatic ring is 1. The van der Waals surface area contributed by atoms with Gasteiger partial charge in [-0.3, -0.25) is 9.59 Å². The van der Waals surface area contributed by atoms with E-state index in [1.54, 1.807) is 34.9 Å². The van der Waals surface area contributed by atoms with Crippen molar-refractivity contribution in [3.63, 3.8) is 0 Å². The van der Waals surface area contributed by atoms with Gasteiger partial charge in [-0.1, -0.05) is 18.2 Å². The molecule has 0 aliphatic carbocycles. The van der Waals surface area contributed by atoms with E-state index in [1.807, 2.05) is 35.4 Å². The van der Waals surface area contributed by atoms with Crippen molar-refractivity contribution in [3.8, 4) is 0 Å². The van der Waals surface area contributed by atoms with E-state index in [0.29, 0.717) is 43.3 Å². The molecule has 2 aliphatic heterocycles. The molecule has 7 nitrogen and oxygen atoms in total. The van der Waals surface area contributed by atoms with E-state index in [2.05, 4.69) is 4.98 Å². The van der Waals surface area contributed by atoms with Crippen molar-refractivity contribution in [2.75, 3.05) is 44.8 Å². The van der Waals surface area contributed by atoms with Gasteiger partial charge in [-0.2, -0.15) is 0 Å². The number of carbonyl (C=O) groups excluding carboxylic acids is 2. The molecule has 2 amide bonds. The van der Waals surface area contributed by atoms with Crippen LogP contribution in [0.2, 0.25) is 0 Å². The smallest absolute Gasteiger partial charge is 0.272 e. The Bertz CT molecular complexity index is 953. The van der Waals surface area contributed by atoms with Crippen molar-refractivity contribution in [2.24, 2.45) is 11.3 Å². The maximum atomic E-state index is 13.1. The Labute approximate surface area is 173 Å². The molecule has 0 radical (unpaired) electrons. The van der Waals surface area contributed by atoms with E-state index in [1.165, 1.54) is 0 Å². The van der Waals surface area contributed by atoms with Crippen LogP contribution in [-0.4, -0.2) is 70.7 Å². The average molecular weight is 413 g/mol. The summed E-state index contributed by atoms with van der Waals surface area (Å²) in [4.78, 5) is 34.6. The minimum absolute atomic E-state index is 0.0208. The number of likely N-dealkylation sites (tertiary alicyclic amines) is 2. The van der Waals surface area contributed by atoms with Crippen molar-refractivity contribution in [2.45, 2.75) is 4.90 Å². The molecule has 0 bridgehead atoms. The van der Waals surface area contributed by atoms with Crippen LogP contribution in [0.3, 0.4) is 0 Å². The van der Waals surface area contributed by atoms with Crippen molar-refractivity contribution < 1.29 is 14.7 Å². The largest absolute Gasteiger partial charge is 0.396 e. The van der Waals surface area contributed by atoms with Crippen LogP contribution in [-0.2, 0) is 0 Å². The summed E-state index contributed by atoms with van der Waals surface area (Å²) in [6, 6.07) is 12.6. The predicted octanol–water partition coefficient (Wildman–Crippen LogP) is 1.59. The van der Waals surface area contributed by atoms with E-state index in [4.69, 9.17) is 5.73 Å². The van der Waals surface area contributed by atoms with E-state index in [9.17, 15) is 14.7 Å². The zero-order valence-corrected chi connectivity index (χ0v) is 17.1. The molecule has 1 aromatic heterocycles. The van der Waals surface area contributed by atoms with Crippen LogP contribution in [0.4, 0.5) is 5.82 Å². The molecule has 2 aromatic rings. The molecule has 152 valence electrons. The number of hydrogen-bond acceptors (Lipinski definition) is 6. The van der Waals surface area contributed by atoms with E-state index in [-0.39, 0.29) is 24.3 Å². The van der Waals surface area contributed by atoms with Crippen molar-refractivity contribution >= 4 is 29.4 Å². The third-order valence-corrected chi connectivity index (χ3v) is 6.77. The summed E-state index contributed by atoms with van der Waals surface area (Å²) in [6.07, 6.45) is 1.95.